The first-order valence-electron chi connectivity index (χ1n) is 6.56. The summed E-state index contributed by atoms with van der Waals surface area (Å²) in [4.78, 5) is 0. The van der Waals surface area contributed by atoms with Gasteiger partial charge in [0.15, 0.2) is 0 Å². The van der Waals surface area contributed by atoms with Crippen molar-refractivity contribution in [2.75, 3.05) is 0 Å². The molecule has 0 aliphatic heterocycles. The standard InChI is InChI=1S/C14H24/c1-2-12-8-5-9-14(10-12)11-13-6-3-4-7-13/h6,12,14H,2-5,7-11H2,1H3. The molecule has 80 valence electrons. The molecule has 0 spiro atoms. The summed E-state index contributed by atoms with van der Waals surface area (Å²) in [5.74, 6) is 2.09. The van der Waals surface area contributed by atoms with Gasteiger partial charge in [-0.1, -0.05) is 44.3 Å². The minimum Gasteiger partial charge on any atom is -0.0853 e. The summed E-state index contributed by atoms with van der Waals surface area (Å²) in [7, 11) is 0. The Morgan fingerprint density at radius 3 is 2.79 bits per heavy atom. The highest BCUT2D eigenvalue weighted by Gasteiger charge is 2.21. The maximum atomic E-state index is 2.51. The fourth-order valence-corrected chi connectivity index (χ4v) is 3.25. The van der Waals surface area contributed by atoms with Crippen LogP contribution in [0.4, 0.5) is 0 Å². The van der Waals surface area contributed by atoms with E-state index in [1.54, 1.807) is 5.57 Å². The number of rotatable bonds is 3. The van der Waals surface area contributed by atoms with Crippen LogP contribution in [0.3, 0.4) is 0 Å². The first kappa shape index (κ1) is 10.3. The number of hydrogen-bond donors (Lipinski definition) is 0. The highest BCUT2D eigenvalue weighted by Crippen LogP contribution is 2.36. The normalized spacial score (nSPS) is 33.1. The molecule has 0 nitrogen and oxygen atoms in total. The maximum absolute atomic E-state index is 2.51. The van der Waals surface area contributed by atoms with Crippen LogP contribution in [0.15, 0.2) is 11.6 Å². The van der Waals surface area contributed by atoms with E-state index >= 15 is 0 Å². The first-order valence-corrected chi connectivity index (χ1v) is 6.56. The van der Waals surface area contributed by atoms with E-state index in [0.717, 1.165) is 11.8 Å². The van der Waals surface area contributed by atoms with Crippen LogP contribution in [0.5, 0.6) is 0 Å². The fraction of sp³-hybridized carbons (Fsp3) is 0.857. The summed E-state index contributed by atoms with van der Waals surface area (Å²) < 4.78 is 0. The van der Waals surface area contributed by atoms with E-state index in [1.165, 1.54) is 57.8 Å². The van der Waals surface area contributed by atoms with Gasteiger partial charge in [0, 0.05) is 0 Å². The topological polar surface area (TPSA) is 0 Å². The minimum absolute atomic E-state index is 1.04. The highest BCUT2D eigenvalue weighted by atomic mass is 14.3. The molecule has 2 aliphatic rings. The molecule has 0 aromatic rings. The Labute approximate surface area is 88.8 Å². The lowest BCUT2D eigenvalue weighted by molar-refractivity contribution is 0.258. The Hall–Kier alpha value is -0.260. The largest absolute Gasteiger partial charge is 0.0853 e. The Morgan fingerprint density at radius 1 is 1.21 bits per heavy atom. The zero-order chi connectivity index (χ0) is 9.80. The van der Waals surface area contributed by atoms with Gasteiger partial charge in [-0.25, -0.2) is 0 Å². The third-order valence-electron chi connectivity index (χ3n) is 4.15. The van der Waals surface area contributed by atoms with Gasteiger partial charge in [0.1, 0.15) is 0 Å². The van der Waals surface area contributed by atoms with Crippen LogP contribution in [0, 0.1) is 11.8 Å². The van der Waals surface area contributed by atoms with Crippen LogP contribution in [0.25, 0.3) is 0 Å². The van der Waals surface area contributed by atoms with Crippen molar-refractivity contribution in [3.63, 3.8) is 0 Å². The summed E-state index contributed by atoms with van der Waals surface area (Å²) in [5, 5.41) is 0. The Balaban J connectivity index is 1.79. The zero-order valence-corrected chi connectivity index (χ0v) is 9.60. The lowest BCUT2D eigenvalue weighted by Gasteiger charge is -2.28. The summed E-state index contributed by atoms with van der Waals surface area (Å²) in [6.45, 7) is 2.36. The van der Waals surface area contributed by atoms with Crippen molar-refractivity contribution in [2.24, 2.45) is 11.8 Å². The van der Waals surface area contributed by atoms with E-state index in [1.807, 2.05) is 0 Å². The van der Waals surface area contributed by atoms with Crippen molar-refractivity contribution in [3.05, 3.63) is 11.6 Å². The van der Waals surface area contributed by atoms with E-state index in [9.17, 15) is 0 Å². The fourth-order valence-electron chi connectivity index (χ4n) is 3.25. The van der Waals surface area contributed by atoms with Gasteiger partial charge in [-0.15, -0.1) is 0 Å². The SMILES string of the molecule is CCC1CCCC(CC2=CCCC2)C1. The third kappa shape index (κ3) is 2.62. The average Bonchev–Trinajstić information content (AvgIpc) is 2.71. The first-order chi connectivity index (χ1) is 6.88. The summed E-state index contributed by atoms with van der Waals surface area (Å²) in [5.41, 5.74) is 1.78. The van der Waals surface area contributed by atoms with Crippen LogP contribution in [-0.4, -0.2) is 0 Å². The Morgan fingerprint density at radius 2 is 2.07 bits per heavy atom. The molecule has 0 heteroatoms. The molecular weight excluding hydrogens is 168 g/mol. The van der Waals surface area contributed by atoms with Crippen LogP contribution < -0.4 is 0 Å². The third-order valence-corrected chi connectivity index (χ3v) is 4.15. The second kappa shape index (κ2) is 5.00. The molecule has 2 aliphatic carbocycles. The van der Waals surface area contributed by atoms with Gasteiger partial charge in [-0.05, 0) is 43.9 Å². The van der Waals surface area contributed by atoms with Crippen molar-refractivity contribution >= 4 is 0 Å². The van der Waals surface area contributed by atoms with Gasteiger partial charge in [0.25, 0.3) is 0 Å². The van der Waals surface area contributed by atoms with E-state index in [-0.39, 0.29) is 0 Å². The molecule has 0 radical (unpaired) electrons. The smallest absolute Gasteiger partial charge is 0.0292 e. The van der Waals surface area contributed by atoms with E-state index in [0.29, 0.717) is 0 Å². The number of hydrogen-bond acceptors (Lipinski definition) is 0. The monoisotopic (exact) mass is 192 g/mol. The van der Waals surface area contributed by atoms with Crippen LogP contribution in [-0.2, 0) is 0 Å². The predicted octanol–water partition coefficient (Wildman–Crippen LogP) is 4.70. The number of allylic oxidation sites excluding steroid dienone is 2. The molecule has 0 bridgehead atoms. The van der Waals surface area contributed by atoms with E-state index in [4.69, 9.17) is 0 Å². The molecule has 0 saturated heterocycles. The van der Waals surface area contributed by atoms with Crippen molar-refractivity contribution in [1.29, 1.82) is 0 Å². The minimum atomic E-state index is 1.04. The van der Waals surface area contributed by atoms with Gasteiger partial charge in [-0.3, -0.25) is 0 Å². The predicted molar refractivity (Wildman–Crippen MR) is 62.3 cm³/mol. The second-order valence-electron chi connectivity index (χ2n) is 5.27. The lowest BCUT2D eigenvalue weighted by atomic mass is 9.77. The summed E-state index contributed by atoms with van der Waals surface area (Å²) >= 11 is 0. The molecule has 1 saturated carbocycles. The molecule has 0 aromatic heterocycles. The molecular formula is C14H24. The van der Waals surface area contributed by atoms with Gasteiger partial charge < -0.3 is 0 Å². The molecule has 0 aromatic carbocycles. The molecule has 14 heavy (non-hydrogen) atoms. The van der Waals surface area contributed by atoms with Gasteiger partial charge in [0.2, 0.25) is 0 Å². The van der Waals surface area contributed by atoms with Crippen molar-refractivity contribution in [1.82, 2.24) is 0 Å². The van der Waals surface area contributed by atoms with Crippen molar-refractivity contribution in [2.45, 2.75) is 64.7 Å². The van der Waals surface area contributed by atoms with Gasteiger partial charge in [-0.2, -0.15) is 0 Å². The maximum Gasteiger partial charge on any atom is -0.0292 e. The second-order valence-corrected chi connectivity index (χ2v) is 5.27. The quantitative estimate of drug-likeness (QED) is 0.568. The lowest BCUT2D eigenvalue weighted by Crippen LogP contribution is -2.15. The van der Waals surface area contributed by atoms with Crippen molar-refractivity contribution < 1.29 is 0 Å². The molecule has 2 atom stereocenters. The zero-order valence-electron chi connectivity index (χ0n) is 9.60. The molecule has 1 fully saturated rings. The van der Waals surface area contributed by atoms with E-state index in [2.05, 4.69) is 13.0 Å². The molecule has 0 amide bonds. The summed E-state index contributed by atoms with van der Waals surface area (Å²) in [6.07, 6.45) is 15.6. The molecule has 2 rings (SSSR count). The van der Waals surface area contributed by atoms with Gasteiger partial charge in [0.05, 0.1) is 0 Å². The van der Waals surface area contributed by atoms with Crippen LogP contribution >= 0.6 is 0 Å². The molecule has 2 unspecified atom stereocenters. The van der Waals surface area contributed by atoms with Crippen LogP contribution in [0.1, 0.15) is 64.7 Å². The summed E-state index contributed by atoms with van der Waals surface area (Å²) in [6, 6.07) is 0. The highest BCUT2D eigenvalue weighted by molar-refractivity contribution is 5.08. The Bertz CT molecular complexity index is 202. The van der Waals surface area contributed by atoms with Gasteiger partial charge >= 0.3 is 0 Å². The molecule has 0 N–H and O–H groups in total. The molecule has 0 heterocycles. The van der Waals surface area contributed by atoms with Crippen LogP contribution in [0.2, 0.25) is 0 Å². The average molecular weight is 192 g/mol. The van der Waals surface area contributed by atoms with Crippen molar-refractivity contribution in [3.8, 4) is 0 Å². The Kier molecular flexibility index (Phi) is 3.67. The van der Waals surface area contributed by atoms with E-state index < -0.39 is 0 Å².